The van der Waals surface area contributed by atoms with Gasteiger partial charge in [0.25, 0.3) is 0 Å². The van der Waals surface area contributed by atoms with E-state index < -0.39 is 0 Å². The van der Waals surface area contributed by atoms with Gasteiger partial charge in [-0.3, -0.25) is 0 Å². The standard InChI is InChI=1S/C11H14O3/c1-9(10-5-3-2-4-6-10)11-13-7-12-8-14-11/h2-6,9,11H,7-8H2,1H3. The maximum atomic E-state index is 5.35. The Morgan fingerprint density at radius 1 is 1.14 bits per heavy atom. The maximum Gasteiger partial charge on any atom is 0.169 e. The molecule has 2 rings (SSSR count). The largest absolute Gasteiger partial charge is 0.329 e. The Hall–Kier alpha value is -0.900. The molecule has 1 heterocycles. The van der Waals surface area contributed by atoms with Crippen molar-refractivity contribution in [3.8, 4) is 0 Å². The third kappa shape index (κ3) is 2.12. The molecule has 1 unspecified atom stereocenters. The minimum absolute atomic E-state index is 0.189. The summed E-state index contributed by atoms with van der Waals surface area (Å²) in [6, 6.07) is 10.2. The molecule has 1 aromatic rings. The quantitative estimate of drug-likeness (QED) is 0.721. The molecule has 76 valence electrons. The average molecular weight is 194 g/mol. The lowest BCUT2D eigenvalue weighted by Crippen LogP contribution is -2.30. The van der Waals surface area contributed by atoms with Gasteiger partial charge in [0.2, 0.25) is 0 Å². The SMILES string of the molecule is CC(c1ccccc1)C1OCOCO1. The van der Waals surface area contributed by atoms with Gasteiger partial charge >= 0.3 is 0 Å². The second-order valence-electron chi connectivity index (χ2n) is 3.34. The molecule has 0 N–H and O–H groups in total. The molecule has 1 saturated heterocycles. The molecule has 3 heteroatoms. The van der Waals surface area contributed by atoms with Gasteiger partial charge in [-0.2, -0.15) is 0 Å². The van der Waals surface area contributed by atoms with E-state index in [4.69, 9.17) is 14.2 Å². The number of hydrogen-bond donors (Lipinski definition) is 0. The molecular weight excluding hydrogens is 180 g/mol. The number of hydrogen-bond acceptors (Lipinski definition) is 3. The van der Waals surface area contributed by atoms with Gasteiger partial charge in [0.15, 0.2) is 19.9 Å². The third-order valence-electron chi connectivity index (χ3n) is 2.36. The van der Waals surface area contributed by atoms with Gasteiger partial charge < -0.3 is 14.2 Å². The van der Waals surface area contributed by atoms with Crippen molar-refractivity contribution in [2.45, 2.75) is 19.1 Å². The van der Waals surface area contributed by atoms with E-state index >= 15 is 0 Å². The number of ether oxygens (including phenoxy) is 3. The molecule has 0 aromatic heterocycles. The van der Waals surface area contributed by atoms with Gasteiger partial charge in [0.05, 0.1) is 0 Å². The highest BCUT2D eigenvalue weighted by Crippen LogP contribution is 2.23. The topological polar surface area (TPSA) is 27.7 Å². The Bertz CT molecular complexity index is 267. The van der Waals surface area contributed by atoms with E-state index in [1.165, 1.54) is 5.56 Å². The zero-order valence-corrected chi connectivity index (χ0v) is 8.18. The smallest absolute Gasteiger partial charge is 0.169 e. The first-order chi connectivity index (χ1) is 6.88. The predicted molar refractivity (Wildman–Crippen MR) is 51.6 cm³/mol. The van der Waals surface area contributed by atoms with Crippen LogP contribution in [0, 0.1) is 0 Å². The Morgan fingerprint density at radius 2 is 1.79 bits per heavy atom. The van der Waals surface area contributed by atoms with Crippen molar-refractivity contribution >= 4 is 0 Å². The molecule has 0 saturated carbocycles. The molecule has 1 aliphatic heterocycles. The monoisotopic (exact) mass is 194 g/mol. The van der Waals surface area contributed by atoms with Crippen LogP contribution in [-0.4, -0.2) is 19.9 Å². The fraction of sp³-hybridized carbons (Fsp3) is 0.455. The lowest BCUT2D eigenvalue weighted by molar-refractivity contribution is -0.304. The van der Waals surface area contributed by atoms with E-state index in [9.17, 15) is 0 Å². The van der Waals surface area contributed by atoms with Crippen LogP contribution in [0.1, 0.15) is 18.4 Å². The zero-order chi connectivity index (χ0) is 9.80. The molecule has 0 bridgehead atoms. The van der Waals surface area contributed by atoms with Gasteiger partial charge in [-0.25, -0.2) is 0 Å². The molecule has 0 aliphatic carbocycles. The fourth-order valence-corrected chi connectivity index (χ4v) is 1.51. The van der Waals surface area contributed by atoms with Gasteiger partial charge in [0, 0.05) is 5.92 Å². The van der Waals surface area contributed by atoms with E-state index in [0.717, 1.165) is 0 Å². The van der Waals surface area contributed by atoms with Crippen molar-refractivity contribution in [3.63, 3.8) is 0 Å². The summed E-state index contributed by atoms with van der Waals surface area (Å²) in [6.45, 7) is 2.73. The first-order valence-corrected chi connectivity index (χ1v) is 4.74. The fourth-order valence-electron chi connectivity index (χ4n) is 1.51. The minimum Gasteiger partial charge on any atom is -0.329 e. The van der Waals surface area contributed by atoms with E-state index in [1.807, 2.05) is 18.2 Å². The first kappa shape index (κ1) is 9.65. The van der Waals surface area contributed by atoms with Crippen LogP contribution in [0.2, 0.25) is 0 Å². The lowest BCUT2D eigenvalue weighted by atomic mass is 10.0. The van der Waals surface area contributed by atoms with E-state index in [0.29, 0.717) is 13.6 Å². The molecule has 1 atom stereocenters. The van der Waals surface area contributed by atoms with Gasteiger partial charge in [-0.05, 0) is 5.56 Å². The van der Waals surface area contributed by atoms with Gasteiger partial charge in [0.1, 0.15) is 0 Å². The van der Waals surface area contributed by atoms with Crippen LogP contribution >= 0.6 is 0 Å². The normalized spacial score (nSPS) is 20.6. The number of benzene rings is 1. The van der Waals surface area contributed by atoms with E-state index in [2.05, 4.69) is 19.1 Å². The summed E-state index contributed by atoms with van der Waals surface area (Å²) in [5, 5.41) is 0. The molecule has 0 amide bonds. The van der Waals surface area contributed by atoms with Crippen LogP contribution in [0.25, 0.3) is 0 Å². The van der Waals surface area contributed by atoms with Crippen molar-refractivity contribution in [3.05, 3.63) is 35.9 Å². The van der Waals surface area contributed by atoms with Crippen LogP contribution in [0.5, 0.6) is 0 Å². The van der Waals surface area contributed by atoms with Crippen LogP contribution in [-0.2, 0) is 14.2 Å². The highest BCUT2D eigenvalue weighted by atomic mass is 16.8. The average Bonchev–Trinajstić information content (AvgIpc) is 2.30. The zero-order valence-electron chi connectivity index (χ0n) is 8.18. The molecule has 1 fully saturated rings. The summed E-state index contributed by atoms with van der Waals surface area (Å²) < 4.78 is 15.6. The van der Waals surface area contributed by atoms with Crippen molar-refractivity contribution in [1.82, 2.24) is 0 Å². The Labute approximate surface area is 83.6 Å². The first-order valence-electron chi connectivity index (χ1n) is 4.74. The number of rotatable bonds is 2. The van der Waals surface area contributed by atoms with Gasteiger partial charge in [-0.15, -0.1) is 0 Å². The predicted octanol–water partition coefficient (Wildman–Crippen LogP) is 2.09. The molecule has 14 heavy (non-hydrogen) atoms. The second kappa shape index (κ2) is 4.55. The summed E-state index contributed by atoms with van der Waals surface area (Å²) in [5.41, 5.74) is 1.22. The van der Waals surface area contributed by atoms with Crippen molar-refractivity contribution in [1.29, 1.82) is 0 Å². The molecule has 0 spiro atoms. The van der Waals surface area contributed by atoms with Gasteiger partial charge in [-0.1, -0.05) is 37.3 Å². The Morgan fingerprint density at radius 3 is 2.43 bits per heavy atom. The van der Waals surface area contributed by atoms with E-state index in [1.54, 1.807) is 0 Å². The van der Waals surface area contributed by atoms with Crippen LogP contribution in [0.3, 0.4) is 0 Å². The van der Waals surface area contributed by atoms with E-state index in [-0.39, 0.29) is 12.2 Å². The summed E-state index contributed by atoms with van der Waals surface area (Å²) in [5.74, 6) is 0.236. The highest BCUT2D eigenvalue weighted by Gasteiger charge is 2.22. The van der Waals surface area contributed by atoms with Crippen molar-refractivity contribution in [2.75, 3.05) is 13.6 Å². The van der Waals surface area contributed by atoms with Crippen LogP contribution in [0.15, 0.2) is 30.3 Å². The lowest BCUT2D eigenvalue weighted by Gasteiger charge is -2.28. The summed E-state index contributed by atoms with van der Waals surface area (Å²) in [7, 11) is 0. The van der Waals surface area contributed by atoms with Crippen LogP contribution < -0.4 is 0 Å². The summed E-state index contributed by atoms with van der Waals surface area (Å²) >= 11 is 0. The third-order valence-corrected chi connectivity index (χ3v) is 2.36. The van der Waals surface area contributed by atoms with Crippen LogP contribution in [0.4, 0.5) is 0 Å². The van der Waals surface area contributed by atoms with Crippen molar-refractivity contribution in [2.24, 2.45) is 0 Å². The van der Waals surface area contributed by atoms with Crippen molar-refractivity contribution < 1.29 is 14.2 Å². The molecule has 1 aromatic carbocycles. The molecule has 0 radical (unpaired) electrons. The molecule has 1 aliphatic rings. The summed E-state index contributed by atoms with van der Waals surface area (Å²) in [4.78, 5) is 0. The Balaban J connectivity index is 2.03. The molecule has 3 nitrogen and oxygen atoms in total. The maximum absolute atomic E-state index is 5.35. The Kier molecular flexibility index (Phi) is 3.14. The molecular formula is C11H14O3. The summed E-state index contributed by atoms with van der Waals surface area (Å²) in [6.07, 6.45) is -0.189. The minimum atomic E-state index is -0.189. The second-order valence-corrected chi connectivity index (χ2v) is 3.34. The highest BCUT2D eigenvalue weighted by molar-refractivity contribution is 5.19.